The highest BCUT2D eigenvalue weighted by atomic mass is 16.6. The molecule has 1 aromatic heterocycles. The monoisotopic (exact) mass is 434 g/mol. The Bertz CT molecular complexity index is 1210. The number of piperidine rings is 1. The van der Waals surface area contributed by atoms with Crippen LogP contribution in [0.25, 0.3) is 10.9 Å². The van der Waals surface area contributed by atoms with Crippen molar-refractivity contribution in [3.63, 3.8) is 0 Å². The minimum atomic E-state index is -0.524. The minimum Gasteiger partial charge on any atom is -0.348 e. The molecule has 3 aromatic rings. The molecular weight excluding hydrogens is 408 g/mol. The average Bonchev–Trinajstić information content (AvgIpc) is 2.78. The zero-order valence-corrected chi connectivity index (χ0v) is 18.0. The van der Waals surface area contributed by atoms with Gasteiger partial charge in [-0.15, -0.1) is 0 Å². The lowest BCUT2D eigenvalue weighted by molar-refractivity contribution is -0.384. The van der Waals surface area contributed by atoms with Gasteiger partial charge in [0.05, 0.1) is 10.5 Å². The molecule has 4 rings (SSSR count). The molecule has 1 saturated heterocycles. The first kappa shape index (κ1) is 21.7. The Balaban J connectivity index is 1.53. The summed E-state index contributed by atoms with van der Waals surface area (Å²) in [6.07, 6.45) is 2.39. The van der Waals surface area contributed by atoms with Crippen LogP contribution in [0.5, 0.6) is 0 Å². The van der Waals surface area contributed by atoms with E-state index in [-0.39, 0.29) is 11.3 Å². The van der Waals surface area contributed by atoms with Crippen LogP contribution in [0, 0.1) is 16.0 Å². The Hall–Kier alpha value is -3.52. The zero-order valence-electron chi connectivity index (χ0n) is 18.0. The van der Waals surface area contributed by atoms with Crippen LogP contribution in [0.4, 0.5) is 5.69 Å². The van der Waals surface area contributed by atoms with Crippen LogP contribution in [0.3, 0.4) is 0 Å². The number of H-pyrrole nitrogens is 1. The van der Waals surface area contributed by atoms with Gasteiger partial charge in [-0.25, -0.2) is 0 Å². The third-order valence-electron chi connectivity index (χ3n) is 6.11. The van der Waals surface area contributed by atoms with Crippen molar-refractivity contribution in [2.45, 2.75) is 32.9 Å². The summed E-state index contributed by atoms with van der Waals surface area (Å²) in [7, 11) is 0. The molecule has 2 heterocycles. The quantitative estimate of drug-likeness (QED) is 0.455. The van der Waals surface area contributed by atoms with Gasteiger partial charge in [-0.2, -0.15) is 0 Å². The molecule has 0 unspecified atom stereocenters. The van der Waals surface area contributed by atoms with Crippen molar-refractivity contribution in [1.82, 2.24) is 15.2 Å². The summed E-state index contributed by atoms with van der Waals surface area (Å²) in [6, 6.07) is 13.2. The predicted octanol–water partition coefficient (Wildman–Crippen LogP) is 3.60. The molecule has 8 nitrogen and oxygen atoms in total. The van der Waals surface area contributed by atoms with Crippen molar-refractivity contribution in [2.75, 3.05) is 13.1 Å². The molecule has 2 aromatic carbocycles. The van der Waals surface area contributed by atoms with Gasteiger partial charge in [0.2, 0.25) is 5.56 Å². The predicted molar refractivity (Wildman–Crippen MR) is 123 cm³/mol. The number of carbonyl (C=O) groups is 1. The number of hydrogen-bond donors (Lipinski definition) is 2. The molecule has 1 fully saturated rings. The van der Waals surface area contributed by atoms with E-state index in [1.807, 2.05) is 18.2 Å². The first-order valence-electron chi connectivity index (χ1n) is 10.8. The molecule has 2 N–H and O–H groups in total. The van der Waals surface area contributed by atoms with E-state index in [2.05, 4.69) is 28.2 Å². The number of rotatable bonds is 6. The number of benzene rings is 2. The maximum Gasteiger partial charge on any atom is 0.270 e. The summed E-state index contributed by atoms with van der Waals surface area (Å²) in [6.45, 7) is 5.56. The molecule has 32 heavy (non-hydrogen) atoms. The van der Waals surface area contributed by atoms with Gasteiger partial charge >= 0.3 is 0 Å². The molecule has 1 aliphatic rings. The van der Waals surface area contributed by atoms with Gasteiger partial charge in [0.1, 0.15) is 0 Å². The van der Waals surface area contributed by atoms with Crippen molar-refractivity contribution in [3.8, 4) is 0 Å². The van der Waals surface area contributed by atoms with Gasteiger partial charge in [-0.05, 0) is 49.0 Å². The van der Waals surface area contributed by atoms with Gasteiger partial charge in [-0.3, -0.25) is 24.6 Å². The second-order valence-electron chi connectivity index (χ2n) is 8.44. The number of nitro groups is 1. The maximum absolute atomic E-state index is 13.0. The summed E-state index contributed by atoms with van der Waals surface area (Å²) in [4.78, 5) is 40.7. The molecule has 0 radical (unpaired) electrons. The van der Waals surface area contributed by atoms with E-state index in [9.17, 15) is 19.7 Å². The number of amides is 1. The number of nitro benzene ring substituents is 1. The summed E-state index contributed by atoms with van der Waals surface area (Å²) in [5, 5.41) is 14.4. The molecule has 0 bridgehead atoms. The Labute approximate surface area is 185 Å². The largest absolute Gasteiger partial charge is 0.348 e. The number of carbonyl (C=O) groups excluding carboxylic acids is 1. The van der Waals surface area contributed by atoms with Crippen LogP contribution in [0.15, 0.2) is 53.3 Å². The van der Waals surface area contributed by atoms with Crippen LogP contribution in [0.1, 0.15) is 41.3 Å². The number of aromatic nitrogens is 1. The lowest BCUT2D eigenvalue weighted by Crippen LogP contribution is -2.33. The van der Waals surface area contributed by atoms with Crippen molar-refractivity contribution >= 4 is 22.5 Å². The molecule has 166 valence electrons. The van der Waals surface area contributed by atoms with Gasteiger partial charge in [-0.1, -0.05) is 31.2 Å². The standard InChI is InChI=1S/C24H26N4O4/c1-16-8-10-27(11-9-16)15-18-5-3-2-4-17(18)14-25-24(30)21-13-23(29)26-22-7-6-19(28(31)32)12-20(21)22/h2-7,12-13,16H,8-11,14-15H2,1H3,(H,25,30)(H,26,29). The number of fused-ring (bicyclic) bond motifs is 1. The Morgan fingerprint density at radius 2 is 1.88 bits per heavy atom. The summed E-state index contributed by atoms with van der Waals surface area (Å²) in [5.41, 5.74) is 2.10. The molecule has 1 aliphatic heterocycles. The summed E-state index contributed by atoms with van der Waals surface area (Å²) < 4.78 is 0. The van der Waals surface area contributed by atoms with Crippen molar-refractivity contribution < 1.29 is 9.72 Å². The average molecular weight is 434 g/mol. The van der Waals surface area contributed by atoms with Gasteiger partial charge in [0.25, 0.3) is 11.6 Å². The van der Waals surface area contributed by atoms with Crippen LogP contribution < -0.4 is 10.9 Å². The fourth-order valence-corrected chi connectivity index (χ4v) is 4.16. The van der Waals surface area contributed by atoms with Crippen LogP contribution >= 0.6 is 0 Å². The second kappa shape index (κ2) is 9.32. The van der Waals surface area contributed by atoms with Crippen molar-refractivity contribution in [1.29, 1.82) is 0 Å². The Morgan fingerprint density at radius 1 is 1.16 bits per heavy atom. The van der Waals surface area contributed by atoms with Crippen molar-refractivity contribution in [2.24, 2.45) is 5.92 Å². The lowest BCUT2D eigenvalue weighted by atomic mass is 9.98. The smallest absolute Gasteiger partial charge is 0.270 e. The highest BCUT2D eigenvalue weighted by Gasteiger charge is 2.18. The molecule has 8 heteroatoms. The topological polar surface area (TPSA) is 108 Å². The molecule has 0 aliphatic carbocycles. The Kier molecular flexibility index (Phi) is 6.32. The van der Waals surface area contributed by atoms with E-state index in [1.54, 1.807) is 0 Å². The van der Waals surface area contributed by atoms with Gasteiger partial charge in [0.15, 0.2) is 0 Å². The van der Waals surface area contributed by atoms with Crippen LogP contribution in [-0.4, -0.2) is 33.8 Å². The SMILES string of the molecule is CC1CCN(Cc2ccccc2CNC(=O)c2cc(=O)[nH]c3ccc([N+](=O)[O-])cc23)CC1. The summed E-state index contributed by atoms with van der Waals surface area (Å²) in [5.74, 6) is 0.323. The highest BCUT2D eigenvalue weighted by molar-refractivity contribution is 6.06. The van der Waals surface area contributed by atoms with Gasteiger partial charge in [0, 0.05) is 42.2 Å². The number of hydrogen-bond acceptors (Lipinski definition) is 5. The maximum atomic E-state index is 13.0. The number of nitrogens with one attached hydrogen (secondary N) is 2. The van der Waals surface area contributed by atoms with E-state index in [0.29, 0.717) is 17.4 Å². The molecule has 0 spiro atoms. The van der Waals surface area contributed by atoms with E-state index >= 15 is 0 Å². The number of nitrogens with zero attached hydrogens (tertiary/aromatic N) is 2. The van der Waals surface area contributed by atoms with Gasteiger partial charge < -0.3 is 10.3 Å². The van der Waals surface area contributed by atoms with Crippen molar-refractivity contribution in [3.05, 3.63) is 85.7 Å². The van der Waals surface area contributed by atoms with E-state index in [1.165, 1.54) is 37.1 Å². The fraction of sp³-hybridized carbons (Fsp3) is 0.333. The second-order valence-corrected chi connectivity index (χ2v) is 8.44. The van der Waals surface area contributed by atoms with Crippen LogP contribution in [0.2, 0.25) is 0 Å². The third kappa shape index (κ3) is 4.86. The summed E-state index contributed by atoms with van der Waals surface area (Å²) >= 11 is 0. The molecule has 0 atom stereocenters. The molecular formula is C24H26N4O4. The normalized spacial score (nSPS) is 15.0. The van der Waals surface area contributed by atoms with E-state index < -0.39 is 16.4 Å². The first-order chi connectivity index (χ1) is 15.4. The highest BCUT2D eigenvalue weighted by Crippen LogP contribution is 2.22. The first-order valence-corrected chi connectivity index (χ1v) is 10.8. The number of non-ortho nitro benzene ring substituents is 1. The zero-order chi connectivity index (χ0) is 22.7. The van der Waals surface area contributed by atoms with E-state index in [0.717, 1.165) is 36.7 Å². The fourth-order valence-electron chi connectivity index (χ4n) is 4.16. The van der Waals surface area contributed by atoms with E-state index in [4.69, 9.17) is 0 Å². The number of aromatic amines is 1. The minimum absolute atomic E-state index is 0.120. The Morgan fingerprint density at radius 3 is 2.59 bits per heavy atom. The lowest BCUT2D eigenvalue weighted by Gasteiger charge is -2.30. The number of pyridine rings is 1. The van der Waals surface area contributed by atoms with Crippen LogP contribution in [-0.2, 0) is 13.1 Å². The number of likely N-dealkylation sites (tertiary alicyclic amines) is 1. The molecule has 0 saturated carbocycles. The third-order valence-corrected chi connectivity index (χ3v) is 6.11. The molecule has 1 amide bonds.